The molecule has 5 rings (SSSR count). The fourth-order valence-corrected chi connectivity index (χ4v) is 6.15. The van der Waals surface area contributed by atoms with Gasteiger partial charge in [0.05, 0.1) is 18.8 Å². The molecule has 2 N–H and O–H groups in total. The molecule has 0 spiro atoms. The number of hydrogen-bond donors (Lipinski definition) is 2. The van der Waals surface area contributed by atoms with E-state index in [4.69, 9.17) is 14.2 Å². The first-order valence-corrected chi connectivity index (χ1v) is 15.7. The van der Waals surface area contributed by atoms with E-state index in [1.54, 1.807) is 23.4 Å². The normalized spacial score (nSPS) is 20.4. The van der Waals surface area contributed by atoms with Gasteiger partial charge in [-0.1, -0.05) is 85.4 Å². The number of thioether (sulfide) groups is 1. The van der Waals surface area contributed by atoms with E-state index in [-0.39, 0.29) is 30.6 Å². The van der Waals surface area contributed by atoms with E-state index >= 15 is 0 Å². The maximum Gasteiger partial charge on any atom is 0.303 e. The van der Waals surface area contributed by atoms with Crippen molar-refractivity contribution in [2.45, 2.75) is 63.7 Å². The number of aliphatic hydroxyl groups excluding tert-OH is 1. The van der Waals surface area contributed by atoms with Crippen LogP contribution < -0.4 is 5.32 Å². The van der Waals surface area contributed by atoms with Gasteiger partial charge in [0.2, 0.25) is 5.16 Å². The van der Waals surface area contributed by atoms with E-state index in [9.17, 15) is 14.7 Å². The fraction of sp³-hybridized carbons (Fsp3) is 0.364. The summed E-state index contributed by atoms with van der Waals surface area (Å²) < 4.78 is 19.7. The van der Waals surface area contributed by atoms with Crippen LogP contribution in [-0.2, 0) is 44.0 Å². The number of ether oxygens (including phenoxy) is 3. The first-order valence-electron chi connectivity index (χ1n) is 14.7. The molecule has 0 unspecified atom stereocenters. The largest absolute Gasteiger partial charge is 0.453 e. The van der Waals surface area contributed by atoms with Crippen molar-refractivity contribution in [2.24, 2.45) is 13.0 Å². The Kier molecular flexibility index (Phi) is 10.6. The van der Waals surface area contributed by atoms with Gasteiger partial charge in [-0.25, -0.2) is 4.68 Å². The van der Waals surface area contributed by atoms with Crippen molar-refractivity contribution in [1.29, 1.82) is 0 Å². The third-order valence-corrected chi connectivity index (χ3v) is 8.80. The summed E-state index contributed by atoms with van der Waals surface area (Å²) >= 11 is 1.54. The van der Waals surface area contributed by atoms with Crippen molar-refractivity contribution < 1.29 is 28.9 Å². The van der Waals surface area contributed by atoms with Crippen molar-refractivity contribution in [1.82, 2.24) is 25.5 Å². The molecule has 1 aliphatic rings. The number of esters is 1. The van der Waals surface area contributed by atoms with Crippen molar-refractivity contribution in [3.63, 3.8) is 0 Å². The lowest BCUT2D eigenvalue weighted by atomic mass is 9.91. The summed E-state index contributed by atoms with van der Waals surface area (Å²) in [6.07, 6.45) is -1.83. The minimum Gasteiger partial charge on any atom is -0.453 e. The van der Waals surface area contributed by atoms with Gasteiger partial charge in [-0.2, -0.15) is 0 Å². The average molecular weight is 632 g/mol. The molecule has 236 valence electrons. The summed E-state index contributed by atoms with van der Waals surface area (Å²) in [6, 6.07) is 23.8. The van der Waals surface area contributed by atoms with Gasteiger partial charge in [0, 0.05) is 37.8 Å². The van der Waals surface area contributed by atoms with Gasteiger partial charge in [-0.15, -0.1) is 5.10 Å². The Morgan fingerprint density at radius 3 is 2.42 bits per heavy atom. The van der Waals surface area contributed by atoms with Gasteiger partial charge in [-0.3, -0.25) is 9.59 Å². The fourth-order valence-electron chi connectivity index (χ4n) is 5.14. The SMILES string of the molecule is CC(=O)O[C@@H](C)C(=O)NCc1cccc(-c2ccc([C@@H]3O[C@H](CSc4nnnn4C)[C@H](C)[C@H](c4ccc(CO)cc4)O3)cc2)c1. The molecular formula is C33H37N5O6S. The highest BCUT2D eigenvalue weighted by Crippen LogP contribution is 2.43. The summed E-state index contributed by atoms with van der Waals surface area (Å²) in [5, 5.41) is 24.8. The zero-order valence-electron chi connectivity index (χ0n) is 25.6. The second kappa shape index (κ2) is 14.8. The molecule has 1 amide bonds. The molecule has 45 heavy (non-hydrogen) atoms. The number of aryl methyl sites for hydroxylation is 1. The van der Waals surface area contributed by atoms with E-state index in [1.807, 2.05) is 79.8 Å². The molecule has 1 saturated heterocycles. The number of benzene rings is 3. The molecule has 4 aromatic rings. The summed E-state index contributed by atoms with van der Waals surface area (Å²) in [5.41, 5.74) is 5.67. The zero-order chi connectivity index (χ0) is 31.9. The topological polar surface area (TPSA) is 138 Å². The Morgan fingerprint density at radius 1 is 1.02 bits per heavy atom. The Morgan fingerprint density at radius 2 is 1.76 bits per heavy atom. The number of tetrazole rings is 1. The minimum absolute atomic E-state index is 0.0166. The maximum atomic E-state index is 12.3. The van der Waals surface area contributed by atoms with Crippen molar-refractivity contribution in [2.75, 3.05) is 5.75 Å². The highest BCUT2D eigenvalue weighted by Gasteiger charge is 2.38. The smallest absolute Gasteiger partial charge is 0.303 e. The number of carbonyl (C=O) groups is 2. The summed E-state index contributed by atoms with van der Waals surface area (Å²) in [4.78, 5) is 23.4. The molecule has 12 heteroatoms. The van der Waals surface area contributed by atoms with Gasteiger partial charge in [0.1, 0.15) is 0 Å². The molecule has 0 aliphatic carbocycles. The van der Waals surface area contributed by atoms with Crippen LogP contribution in [0.5, 0.6) is 0 Å². The van der Waals surface area contributed by atoms with E-state index < -0.39 is 18.4 Å². The average Bonchev–Trinajstić information content (AvgIpc) is 3.47. The van der Waals surface area contributed by atoms with Gasteiger partial charge >= 0.3 is 5.97 Å². The Hall–Kier alpha value is -4.10. The van der Waals surface area contributed by atoms with Crippen LogP contribution in [0.1, 0.15) is 55.4 Å². The first-order chi connectivity index (χ1) is 21.7. The summed E-state index contributed by atoms with van der Waals surface area (Å²) in [7, 11) is 1.81. The van der Waals surface area contributed by atoms with Gasteiger partial charge in [-0.05, 0) is 51.2 Å². The number of carbonyl (C=O) groups excluding carboxylic acids is 2. The molecule has 1 fully saturated rings. The molecule has 0 bridgehead atoms. The molecule has 0 saturated carbocycles. The molecule has 1 aromatic heterocycles. The summed E-state index contributed by atoms with van der Waals surface area (Å²) in [5.74, 6) is -0.173. The monoisotopic (exact) mass is 631 g/mol. The number of hydrogen-bond acceptors (Lipinski definition) is 10. The van der Waals surface area contributed by atoms with Gasteiger partial charge in [0.15, 0.2) is 12.4 Å². The number of amides is 1. The van der Waals surface area contributed by atoms with Crippen LogP contribution in [0.4, 0.5) is 0 Å². The number of nitrogens with one attached hydrogen (secondary N) is 1. The van der Waals surface area contributed by atoms with E-state index in [1.165, 1.54) is 6.92 Å². The van der Waals surface area contributed by atoms with Crippen LogP contribution in [0.2, 0.25) is 0 Å². The van der Waals surface area contributed by atoms with Crippen molar-refractivity contribution in [3.8, 4) is 11.1 Å². The third-order valence-electron chi connectivity index (χ3n) is 7.70. The molecule has 2 heterocycles. The highest BCUT2D eigenvalue weighted by molar-refractivity contribution is 7.99. The third kappa shape index (κ3) is 8.14. The lowest BCUT2D eigenvalue weighted by Crippen LogP contribution is -2.38. The number of aliphatic hydroxyl groups is 1. The molecule has 3 aromatic carbocycles. The Labute approximate surface area is 266 Å². The van der Waals surface area contributed by atoms with Crippen LogP contribution in [0.3, 0.4) is 0 Å². The molecule has 11 nitrogen and oxygen atoms in total. The quantitative estimate of drug-likeness (QED) is 0.180. The van der Waals surface area contributed by atoms with Crippen LogP contribution in [0.25, 0.3) is 11.1 Å². The number of nitrogens with zero attached hydrogens (tertiary/aromatic N) is 4. The molecular weight excluding hydrogens is 594 g/mol. The van der Waals surface area contributed by atoms with E-state index in [0.717, 1.165) is 33.4 Å². The van der Waals surface area contributed by atoms with E-state index in [0.29, 0.717) is 17.5 Å². The first kappa shape index (κ1) is 32.3. The predicted octanol–water partition coefficient (Wildman–Crippen LogP) is 4.52. The lowest BCUT2D eigenvalue weighted by molar-refractivity contribution is -0.268. The standard InChI is InChI=1S/C33H37N5O6S/c1-20-29(19-45-33-35-36-37-38(33)4)43-32(44-30(20)26-10-8-23(18-39)9-11-26)27-14-12-25(13-15-27)28-7-5-6-24(16-28)17-34-31(41)21(2)42-22(3)40/h5-16,20-21,29-30,32,39H,17-19H2,1-4H3,(H,34,41)/t20-,21-,29+,30+,32+/m0/s1. The molecule has 5 atom stereocenters. The van der Waals surface area contributed by atoms with Crippen LogP contribution in [-0.4, -0.2) is 55.2 Å². The number of rotatable bonds is 11. The van der Waals surface area contributed by atoms with Crippen LogP contribution in [0.15, 0.2) is 78.0 Å². The predicted molar refractivity (Wildman–Crippen MR) is 167 cm³/mol. The van der Waals surface area contributed by atoms with Gasteiger partial charge < -0.3 is 24.6 Å². The number of aromatic nitrogens is 4. The highest BCUT2D eigenvalue weighted by atomic mass is 32.2. The van der Waals surface area contributed by atoms with Crippen LogP contribution >= 0.6 is 11.8 Å². The lowest BCUT2D eigenvalue weighted by Gasteiger charge is -2.41. The Bertz CT molecular complexity index is 1600. The van der Waals surface area contributed by atoms with Crippen LogP contribution in [0, 0.1) is 5.92 Å². The van der Waals surface area contributed by atoms with Crippen molar-refractivity contribution in [3.05, 3.63) is 95.1 Å². The second-order valence-electron chi connectivity index (χ2n) is 11.0. The van der Waals surface area contributed by atoms with Gasteiger partial charge in [0.25, 0.3) is 5.91 Å². The van der Waals surface area contributed by atoms with Crippen molar-refractivity contribution >= 4 is 23.6 Å². The second-order valence-corrected chi connectivity index (χ2v) is 12.0. The van der Waals surface area contributed by atoms with E-state index in [2.05, 4.69) is 27.8 Å². The zero-order valence-corrected chi connectivity index (χ0v) is 26.4. The Balaban J connectivity index is 1.31. The molecule has 0 radical (unpaired) electrons. The molecule has 1 aliphatic heterocycles. The minimum atomic E-state index is -0.855. The maximum absolute atomic E-state index is 12.3. The summed E-state index contributed by atoms with van der Waals surface area (Å²) in [6.45, 7) is 5.23.